The summed E-state index contributed by atoms with van der Waals surface area (Å²) in [6, 6.07) is 7.51. The van der Waals surface area contributed by atoms with Crippen LogP contribution in [-0.2, 0) is 16.1 Å². The SMILES string of the molecule is O=C1OCCC1C=NCc1ccc(Cl)cc1. The summed E-state index contributed by atoms with van der Waals surface area (Å²) in [6.45, 7) is 1.08. The predicted octanol–water partition coefficient (Wildman–Crippen LogP) is 2.47. The van der Waals surface area contributed by atoms with E-state index in [9.17, 15) is 4.79 Å². The molecule has 0 saturated carbocycles. The highest BCUT2D eigenvalue weighted by molar-refractivity contribution is 6.30. The Balaban J connectivity index is 1.89. The Morgan fingerprint density at radius 2 is 2.19 bits per heavy atom. The molecule has 0 amide bonds. The van der Waals surface area contributed by atoms with Gasteiger partial charge in [-0.3, -0.25) is 9.79 Å². The Labute approximate surface area is 99.1 Å². The van der Waals surface area contributed by atoms with Crippen molar-refractivity contribution < 1.29 is 9.53 Å². The van der Waals surface area contributed by atoms with E-state index in [4.69, 9.17) is 16.3 Å². The molecule has 0 bridgehead atoms. The number of carbonyl (C=O) groups is 1. The maximum Gasteiger partial charge on any atom is 0.314 e. The normalized spacial score (nSPS) is 20.3. The maximum absolute atomic E-state index is 11.1. The van der Waals surface area contributed by atoms with Crippen LogP contribution in [0.25, 0.3) is 0 Å². The Morgan fingerprint density at radius 1 is 1.44 bits per heavy atom. The van der Waals surface area contributed by atoms with Gasteiger partial charge in [0.05, 0.1) is 19.1 Å². The standard InChI is InChI=1S/C12H12ClNO2/c13-11-3-1-9(2-4-11)7-14-8-10-5-6-16-12(10)15/h1-4,8,10H,5-7H2. The second-order valence-electron chi connectivity index (χ2n) is 3.68. The molecule has 84 valence electrons. The van der Waals surface area contributed by atoms with Crippen LogP contribution in [-0.4, -0.2) is 18.8 Å². The minimum Gasteiger partial charge on any atom is -0.465 e. The molecule has 1 fully saturated rings. The van der Waals surface area contributed by atoms with Crippen molar-refractivity contribution in [3.63, 3.8) is 0 Å². The van der Waals surface area contributed by atoms with Crippen LogP contribution in [0.3, 0.4) is 0 Å². The Hall–Kier alpha value is -1.35. The number of cyclic esters (lactones) is 1. The zero-order valence-corrected chi connectivity index (χ0v) is 9.48. The minimum atomic E-state index is -0.167. The third kappa shape index (κ3) is 2.83. The fourth-order valence-corrected chi connectivity index (χ4v) is 1.65. The summed E-state index contributed by atoms with van der Waals surface area (Å²) in [5.41, 5.74) is 1.08. The largest absolute Gasteiger partial charge is 0.465 e. The monoisotopic (exact) mass is 237 g/mol. The van der Waals surface area contributed by atoms with Crippen LogP contribution in [0.4, 0.5) is 0 Å². The van der Waals surface area contributed by atoms with E-state index in [0.717, 1.165) is 12.0 Å². The van der Waals surface area contributed by atoms with Crippen molar-refractivity contribution in [1.82, 2.24) is 0 Å². The van der Waals surface area contributed by atoms with Gasteiger partial charge in [0.25, 0.3) is 0 Å². The summed E-state index contributed by atoms with van der Waals surface area (Å²) in [7, 11) is 0. The van der Waals surface area contributed by atoms with Crippen molar-refractivity contribution in [1.29, 1.82) is 0 Å². The van der Waals surface area contributed by atoms with Gasteiger partial charge in [-0.25, -0.2) is 0 Å². The molecule has 0 aliphatic carbocycles. The van der Waals surface area contributed by atoms with E-state index in [1.54, 1.807) is 6.21 Å². The summed E-state index contributed by atoms with van der Waals surface area (Å²) >= 11 is 5.77. The van der Waals surface area contributed by atoms with Crippen LogP contribution >= 0.6 is 11.6 Å². The highest BCUT2D eigenvalue weighted by atomic mass is 35.5. The average Bonchev–Trinajstić information content (AvgIpc) is 2.68. The van der Waals surface area contributed by atoms with E-state index in [-0.39, 0.29) is 11.9 Å². The smallest absolute Gasteiger partial charge is 0.314 e. The number of carbonyl (C=O) groups excluding carboxylic acids is 1. The first-order valence-electron chi connectivity index (χ1n) is 5.17. The van der Waals surface area contributed by atoms with Crippen molar-refractivity contribution in [3.8, 4) is 0 Å². The quantitative estimate of drug-likeness (QED) is 0.598. The summed E-state index contributed by atoms with van der Waals surface area (Å²) in [4.78, 5) is 15.4. The van der Waals surface area contributed by atoms with Crippen LogP contribution in [0, 0.1) is 5.92 Å². The van der Waals surface area contributed by atoms with Gasteiger partial charge in [-0.2, -0.15) is 0 Å². The Morgan fingerprint density at radius 3 is 2.81 bits per heavy atom. The zero-order chi connectivity index (χ0) is 11.4. The minimum absolute atomic E-state index is 0.160. The number of hydrogen-bond donors (Lipinski definition) is 0. The molecule has 1 atom stereocenters. The average molecular weight is 238 g/mol. The summed E-state index contributed by atoms with van der Waals surface area (Å²) in [5, 5.41) is 0.715. The second-order valence-corrected chi connectivity index (χ2v) is 4.12. The Bertz CT molecular complexity index is 400. The lowest BCUT2D eigenvalue weighted by atomic mass is 10.1. The first-order valence-corrected chi connectivity index (χ1v) is 5.54. The molecular weight excluding hydrogens is 226 g/mol. The van der Waals surface area contributed by atoms with Crippen molar-refractivity contribution in [2.45, 2.75) is 13.0 Å². The molecular formula is C12H12ClNO2. The molecule has 3 nitrogen and oxygen atoms in total. The van der Waals surface area contributed by atoms with E-state index in [2.05, 4.69) is 4.99 Å². The molecule has 1 heterocycles. The van der Waals surface area contributed by atoms with Gasteiger partial charge >= 0.3 is 5.97 Å². The molecule has 1 aliphatic rings. The van der Waals surface area contributed by atoms with Crippen molar-refractivity contribution in [2.24, 2.45) is 10.9 Å². The number of rotatable bonds is 3. The zero-order valence-electron chi connectivity index (χ0n) is 8.73. The molecule has 1 unspecified atom stereocenters. The fraction of sp³-hybridized carbons (Fsp3) is 0.333. The molecule has 0 N–H and O–H groups in total. The molecule has 4 heteroatoms. The first kappa shape index (κ1) is 11.1. The predicted molar refractivity (Wildman–Crippen MR) is 62.7 cm³/mol. The van der Waals surface area contributed by atoms with Gasteiger partial charge in [-0.15, -0.1) is 0 Å². The molecule has 1 saturated heterocycles. The van der Waals surface area contributed by atoms with E-state index in [1.807, 2.05) is 24.3 Å². The lowest BCUT2D eigenvalue weighted by Crippen LogP contribution is -2.08. The number of benzene rings is 1. The number of aliphatic imine (C=N–C) groups is 1. The lowest BCUT2D eigenvalue weighted by molar-refractivity contribution is -0.139. The van der Waals surface area contributed by atoms with E-state index in [0.29, 0.717) is 18.2 Å². The fourth-order valence-electron chi connectivity index (χ4n) is 1.52. The van der Waals surface area contributed by atoms with E-state index < -0.39 is 0 Å². The molecule has 0 spiro atoms. The van der Waals surface area contributed by atoms with E-state index >= 15 is 0 Å². The second kappa shape index (κ2) is 5.12. The molecule has 16 heavy (non-hydrogen) atoms. The Kier molecular flexibility index (Phi) is 3.57. The molecule has 2 rings (SSSR count). The number of ether oxygens (including phenoxy) is 1. The van der Waals surface area contributed by atoms with Gasteiger partial charge in [0, 0.05) is 11.2 Å². The molecule has 1 aromatic rings. The number of halogens is 1. The summed E-state index contributed by atoms with van der Waals surface area (Å²) in [6.07, 6.45) is 2.42. The third-order valence-corrected chi connectivity index (χ3v) is 2.70. The van der Waals surface area contributed by atoms with Crippen LogP contribution in [0.2, 0.25) is 5.02 Å². The van der Waals surface area contributed by atoms with E-state index in [1.165, 1.54) is 0 Å². The highest BCUT2D eigenvalue weighted by Gasteiger charge is 2.24. The topological polar surface area (TPSA) is 38.7 Å². The number of hydrogen-bond acceptors (Lipinski definition) is 3. The molecule has 1 aliphatic heterocycles. The van der Waals surface area contributed by atoms with Gasteiger partial charge < -0.3 is 4.74 Å². The van der Waals surface area contributed by atoms with Gasteiger partial charge in [-0.05, 0) is 24.1 Å². The summed E-state index contributed by atoms with van der Waals surface area (Å²) < 4.78 is 4.84. The number of esters is 1. The van der Waals surface area contributed by atoms with Crippen LogP contribution < -0.4 is 0 Å². The lowest BCUT2D eigenvalue weighted by Gasteiger charge is -1.98. The van der Waals surface area contributed by atoms with Crippen LogP contribution in [0.1, 0.15) is 12.0 Å². The van der Waals surface area contributed by atoms with Gasteiger partial charge in [0.2, 0.25) is 0 Å². The highest BCUT2D eigenvalue weighted by Crippen LogP contribution is 2.13. The number of nitrogens with zero attached hydrogens (tertiary/aromatic N) is 1. The van der Waals surface area contributed by atoms with Gasteiger partial charge in [-0.1, -0.05) is 23.7 Å². The molecule has 0 aromatic heterocycles. The van der Waals surface area contributed by atoms with Crippen LogP contribution in [0.15, 0.2) is 29.3 Å². The van der Waals surface area contributed by atoms with Gasteiger partial charge in [0.15, 0.2) is 0 Å². The summed E-state index contributed by atoms with van der Waals surface area (Å²) in [5.74, 6) is -0.327. The third-order valence-electron chi connectivity index (χ3n) is 2.45. The van der Waals surface area contributed by atoms with Crippen molar-refractivity contribution >= 4 is 23.8 Å². The maximum atomic E-state index is 11.1. The molecule has 1 aromatic carbocycles. The van der Waals surface area contributed by atoms with Crippen molar-refractivity contribution in [3.05, 3.63) is 34.9 Å². The van der Waals surface area contributed by atoms with Crippen molar-refractivity contribution in [2.75, 3.05) is 6.61 Å². The first-order chi connectivity index (χ1) is 7.75. The van der Waals surface area contributed by atoms with Gasteiger partial charge in [0.1, 0.15) is 0 Å². The molecule has 0 radical (unpaired) electrons. The van der Waals surface area contributed by atoms with Crippen LogP contribution in [0.5, 0.6) is 0 Å².